The van der Waals surface area contributed by atoms with Crippen molar-refractivity contribution in [1.29, 1.82) is 5.26 Å². The molecule has 2 aliphatic rings. The number of nitrogens with zero attached hydrogens (tertiary/aromatic N) is 2. The average Bonchev–Trinajstić information content (AvgIpc) is 3.30. The molecule has 1 atom stereocenters. The maximum absolute atomic E-state index is 13.0. The number of halogens is 3. The Balaban J connectivity index is 1.53. The number of ether oxygens (including phenoxy) is 1. The van der Waals surface area contributed by atoms with Crippen LogP contribution in [-0.4, -0.2) is 36.6 Å². The van der Waals surface area contributed by atoms with Gasteiger partial charge in [0.05, 0.1) is 11.6 Å². The van der Waals surface area contributed by atoms with Crippen LogP contribution in [0.25, 0.3) is 10.9 Å². The summed E-state index contributed by atoms with van der Waals surface area (Å²) < 4.78 is 45.7. The molecule has 2 N–H and O–H groups in total. The molecule has 1 saturated carbocycles. The molecule has 0 spiro atoms. The van der Waals surface area contributed by atoms with Crippen molar-refractivity contribution in [3.63, 3.8) is 0 Å². The highest BCUT2D eigenvalue weighted by molar-refractivity contribution is 5.86. The fraction of sp³-hybridized carbons (Fsp3) is 0.500. The molecule has 1 saturated heterocycles. The molecule has 2 heterocycles. The van der Waals surface area contributed by atoms with Crippen molar-refractivity contribution in [2.24, 2.45) is 0 Å². The molecule has 0 radical (unpaired) electrons. The summed E-state index contributed by atoms with van der Waals surface area (Å²) in [6.45, 7) is 2.74. The zero-order valence-corrected chi connectivity index (χ0v) is 21.6. The average molecular weight is 525 g/mol. The summed E-state index contributed by atoms with van der Waals surface area (Å²) in [5.74, 6) is -0.324. The molecule has 8 heteroatoms. The normalized spacial score (nSPS) is 18.4. The third kappa shape index (κ3) is 6.33. The van der Waals surface area contributed by atoms with Crippen LogP contribution in [0.5, 0.6) is 5.75 Å². The summed E-state index contributed by atoms with van der Waals surface area (Å²) >= 11 is 0. The fourth-order valence-corrected chi connectivity index (χ4v) is 6.17. The number of alkyl halides is 3. The minimum atomic E-state index is -4.74. The van der Waals surface area contributed by atoms with Crippen molar-refractivity contribution < 1.29 is 17.9 Å². The molecule has 0 bridgehead atoms. The summed E-state index contributed by atoms with van der Waals surface area (Å²) in [7, 11) is 0. The first-order valence-electron chi connectivity index (χ1n) is 13.8. The van der Waals surface area contributed by atoms with Crippen LogP contribution in [0.4, 0.5) is 13.2 Å². The smallest absolute Gasteiger partial charge is 0.406 e. The van der Waals surface area contributed by atoms with Gasteiger partial charge < -0.3 is 19.9 Å². The number of rotatable bonds is 8. The summed E-state index contributed by atoms with van der Waals surface area (Å²) in [5, 5.41) is 17.7. The molecule has 202 valence electrons. The fourth-order valence-electron chi connectivity index (χ4n) is 6.17. The molecule has 1 unspecified atom stereocenters. The lowest BCUT2D eigenvalue weighted by Gasteiger charge is -2.26. The predicted octanol–water partition coefficient (Wildman–Crippen LogP) is 6.78. The molecule has 5 nitrogen and oxygen atoms in total. The Morgan fingerprint density at radius 2 is 1.84 bits per heavy atom. The van der Waals surface area contributed by atoms with E-state index in [1.807, 2.05) is 24.3 Å². The maximum Gasteiger partial charge on any atom is 0.573 e. The van der Waals surface area contributed by atoms with E-state index in [1.165, 1.54) is 31.4 Å². The Bertz CT molecular complexity index is 1270. The van der Waals surface area contributed by atoms with Crippen LogP contribution in [0.15, 0.2) is 48.7 Å². The first-order chi connectivity index (χ1) is 18.4. The van der Waals surface area contributed by atoms with Crippen LogP contribution in [-0.2, 0) is 0 Å². The van der Waals surface area contributed by atoms with Crippen molar-refractivity contribution in [2.75, 3.05) is 19.6 Å². The van der Waals surface area contributed by atoms with Gasteiger partial charge in [0.25, 0.3) is 0 Å². The predicted molar refractivity (Wildman–Crippen MR) is 142 cm³/mol. The third-order valence-corrected chi connectivity index (χ3v) is 8.04. The van der Waals surface area contributed by atoms with Gasteiger partial charge >= 0.3 is 6.36 Å². The summed E-state index contributed by atoms with van der Waals surface area (Å²) in [5.41, 5.74) is 3.53. The van der Waals surface area contributed by atoms with Crippen LogP contribution in [0.3, 0.4) is 0 Å². The van der Waals surface area contributed by atoms with Gasteiger partial charge in [-0.2, -0.15) is 5.26 Å². The lowest BCUT2D eigenvalue weighted by Crippen LogP contribution is -2.40. The number of hydrogen-bond acceptors (Lipinski definition) is 4. The van der Waals surface area contributed by atoms with Gasteiger partial charge in [-0.05, 0) is 87.1 Å². The number of hydrogen-bond donors (Lipinski definition) is 2. The van der Waals surface area contributed by atoms with E-state index in [1.54, 1.807) is 6.07 Å². The molecule has 1 aliphatic carbocycles. The minimum Gasteiger partial charge on any atom is -0.406 e. The largest absolute Gasteiger partial charge is 0.573 e. The third-order valence-electron chi connectivity index (χ3n) is 8.04. The molecule has 2 fully saturated rings. The van der Waals surface area contributed by atoms with Gasteiger partial charge in [0, 0.05) is 35.1 Å². The van der Waals surface area contributed by atoms with Gasteiger partial charge in [0.15, 0.2) is 0 Å². The van der Waals surface area contributed by atoms with Crippen molar-refractivity contribution in [3.05, 3.63) is 65.4 Å². The molecule has 1 aliphatic heterocycles. The zero-order chi connectivity index (χ0) is 26.5. The Labute approximate surface area is 222 Å². The molecule has 0 amide bonds. The Morgan fingerprint density at radius 3 is 2.58 bits per heavy atom. The number of nitriles is 1. The molecule has 5 rings (SSSR count). The minimum absolute atomic E-state index is 0.124. The van der Waals surface area contributed by atoms with Gasteiger partial charge in [-0.3, -0.25) is 0 Å². The molecule has 1 aromatic heterocycles. The second kappa shape index (κ2) is 11.8. The van der Waals surface area contributed by atoms with Crippen LogP contribution in [0.1, 0.15) is 80.0 Å². The Hall–Kier alpha value is -3.02. The molecule has 38 heavy (non-hydrogen) atoms. The van der Waals surface area contributed by atoms with Gasteiger partial charge in [-0.15, -0.1) is 13.2 Å². The first kappa shape index (κ1) is 26.6. The van der Waals surface area contributed by atoms with Crippen molar-refractivity contribution in [2.45, 2.75) is 75.7 Å². The lowest BCUT2D eigenvalue weighted by atomic mass is 9.87. The topological polar surface area (TPSA) is 62.0 Å². The standard InChI is InChI=1S/C30H35F3N4O/c31-30(32,33)38-25-8-4-5-22(18-25)26(13-16-36-23-11-14-35-15-12-23)28-20-37(24-6-2-1-3-7-24)29-17-21(19-34)9-10-27(28)29/h4-5,8-10,17-18,20,23-24,26,35-36H,1-3,6-7,11-16H2. The highest BCUT2D eigenvalue weighted by atomic mass is 19.4. The second-order valence-electron chi connectivity index (χ2n) is 10.6. The molecular formula is C30H35F3N4O. The van der Waals surface area contributed by atoms with Gasteiger partial charge in [-0.25, -0.2) is 0 Å². The van der Waals surface area contributed by atoms with Crippen LogP contribution in [0, 0.1) is 11.3 Å². The van der Waals surface area contributed by atoms with E-state index >= 15 is 0 Å². The quantitative estimate of drug-likeness (QED) is 0.341. The van der Waals surface area contributed by atoms with Crippen molar-refractivity contribution >= 4 is 10.9 Å². The molecular weight excluding hydrogens is 489 g/mol. The number of benzene rings is 2. The van der Waals surface area contributed by atoms with Gasteiger partial charge in [0.2, 0.25) is 0 Å². The summed E-state index contributed by atoms with van der Waals surface area (Å²) in [6, 6.07) is 15.3. The highest BCUT2D eigenvalue weighted by Gasteiger charge is 2.32. The van der Waals surface area contributed by atoms with E-state index in [4.69, 9.17) is 0 Å². The van der Waals surface area contributed by atoms with E-state index in [9.17, 15) is 18.4 Å². The summed E-state index contributed by atoms with van der Waals surface area (Å²) in [6.07, 6.45) is 6.12. The summed E-state index contributed by atoms with van der Waals surface area (Å²) in [4.78, 5) is 0. The number of fused-ring (bicyclic) bond motifs is 1. The Kier molecular flexibility index (Phi) is 8.25. The van der Waals surface area contributed by atoms with E-state index < -0.39 is 6.36 Å². The maximum atomic E-state index is 13.0. The number of nitrogens with one attached hydrogen (secondary N) is 2. The van der Waals surface area contributed by atoms with E-state index in [-0.39, 0.29) is 11.7 Å². The van der Waals surface area contributed by atoms with E-state index in [0.717, 1.165) is 73.8 Å². The molecule has 3 aromatic rings. The monoisotopic (exact) mass is 524 g/mol. The van der Waals surface area contributed by atoms with Gasteiger partial charge in [0.1, 0.15) is 5.75 Å². The number of aromatic nitrogens is 1. The molecule has 2 aromatic carbocycles. The SMILES string of the molecule is N#Cc1ccc2c(C(CCNC3CCNCC3)c3cccc(OC(F)(F)F)c3)cn(C3CCCCC3)c2c1. The second-order valence-corrected chi connectivity index (χ2v) is 10.6. The van der Waals surface area contributed by atoms with Crippen LogP contribution >= 0.6 is 0 Å². The van der Waals surface area contributed by atoms with E-state index in [2.05, 4.69) is 32.2 Å². The number of piperidine rings is 1. The van der Waals surface area contributed by atoms with Crippen LogP contribution < -0.4 is 15.4 Å². The first-order valence-corrected chi connectivity index (χ1v) is 13.8. The van der Waals surface area contributed by atoms with Gasteiger partial charge in [-0.1, -0.05) is 37.5 Å². The highest BCUT2D eigenvalue weighted by Crippen LogP contribution is 2.40. The van der Waals surface area contributed by atoms with E-state index in [0.29, 0.717) is 17.6 Å². The van der Waals surface area contributed by atoms with Crippen molar-refractivity contribution in [3.8, 4) is 11.8 Å². The van der Waals surface area contributed by atoms with Crippen LogP contribution in [0.2, 0.25) is 0 Å². The van der Waals surface area contributed by atoms with Crippen molar-refractivity contribution in [1.82, 2.24) is 15.2 Å². The zero-order valence-electron chi connectivity index (χ0n) is 21.6. The Morgan fingerprint density at radius 1 is 1.05 bits per heavy atom. The lowest BCUT2D eigenvalue weighted by molar-refractivity contribution is -0.274.